The van der Waals surface area contributed by atoms with E-state index >= 15 is 0 Å². The van der Waals surface area contributed by atoms with Crippen LogP contribution in [0.3, 0.4) is 0 Å². The van der Waals surface area contributed by atoms with E-state index < -0.39 is 11.8 Å². The number of ether oxygens (including phenoxy) is 2. The summed E-state index contributed by atoms with van der Waals surface area (Å²) < 4.78 is 28.2. The quantitative estimate of drug-likeness (QED) is 0.378. The van der Waals surface area contributed by atoms with Gasteiger partial charge in [0.2, 0.25) is 0 Å². The van der Waals surface area contributed by atoms with Crippen LogP contribution >= 0.6 is 0 Å². The van der Waals surface area contributed by atoms with Gasteiger partial charge in [0, 0.05) is 28.2 Å². The molecule has 1 aromatic heterocycles. The van der Waals surface area contributed by atoms with Crippen molar-refractivity contribution in [1.82, 2.24) is 4.57 Å². The molecule has 0 atom stereocenters. The van der Waals surface area contributed by atoms with Gasteiger partial charge in [-0.3, -0.25) is 0 Å². The van der Waals surface area contributed by atoms with Crippen molar-refractivity contribution in [2.45, 2.75) is 32.5 Å². The van der Waals surface area contributed by atoms with Crippen LogP contribution in [0.4, 0.5) is 4.39 Å². The maximum absolute atomic E-state index is 14.2. The van der Waals surface area contributed by atoms with Crippen LogP contribution in [0.1, 0.15) is 41.4 Å². The fourth-order valence-electron chi connectivity index (χ4n) is 4.70. The first-order valence-corrected chi connectivity index (χ1v) is 11.4. The van der Waals surface area contributed by atoms with E-state index in [4.69, 9.17) is 9.47 Å². The second-order valence-corrected chi connectivity index (χ2v) is 9.30. The highest BCUT2D eigenvalue weighted by Gasteiger charge is 2.34. The van der Waals surface area contributed by atoms with Gasteiger partial charge in [0.05, 0.1) is 24.3 Å². The van der Waals surface area contributed by atoms with E-state index in [0.717, 1.165) is 28.0 Å². The summed E-state index contributed by atoms with van der Waals surface area (Å²) in [5, 5.41) is 21.0. The second-order valence-electron chi connectivity index (χ2n) is 9.30. The number of carbonyl (C=O) groups is 1. The molecule has 1 aliphatic heterocycles. The average Bonchev–Trinajstić information content (AvgIpc) is 3.17. The van der Waals surface area contributed by atoms with Gasteiger partial charge in [-0.2, -0.15) is 0 Å². The van der Waals surface area contributed by atoms with Gasteiger partial charge < -0.3 is 24.3 Å². The van der Waals surface area contributed by atoms with Crippen LogP contribution in [0.15, 0.2) is 60.7 Å². The number of aryl methyl sites for hydroxylation is 1. The zero-order valence-corrected chi connectivity index (χ0v) is 19.7. The largest absolute Gasteiger partial charge is 0.507 e. The Kier molecular flexibility index (Phi) is 5.62. The fraction of sp³-hybridized carbons (Fsp3) is 0.250. The highest BCUT2D eigenvalue weighted by atomic mass is 19.1. The van der Waals surface area contributed by atoms with Crippen LogP contribution in [-0.2, 0) is 9.47 Å². The van der Waals surface area contributed by atoms with E-state index in [1.165, 1.54) is 6.07 Å². The molecule has 1 saturated heterocycles. The molecule has 7 heteroatoms. The number of carboxylic acids is 1. The van der Waals surface area contributed by atoms with Gasteiger partial charge in [-0.25, -0.2) is 9.18 Å². The third kappa shape index (κ3) is 4.07. The van der Waals surface area contributed by atoms with E-state index in [-0.39, 0.29) is 23.0 Å². The number of phenolic OH excluding ortho intramolecular Hbond substituents is 1. The summed E-state index contributed by atoms with van der Waals surface area (Å²) in [6.45, 7) is 6.19. The lowest BCUT2D eigenvalue weighted by molar-refractivity contribution is -0.251. The molecule has 35 heavy (non-hydrogen) atoms. The molecule has 2 heterocycles. The summed E-state index contributed by atoms with van der Waals surface area (Å²) in [5.74, 6) is -2.14. The molecule has 0 spiro atoms. The Morgan fingerprint density at radius 2 is 1.74 bits per heavy atom. The Balaban J connectivity index is 1.83. The summed E-state index contributed by atoms with van der Waals surface area (Å²) >= 11 is 0. The van der Waals surface area contributed by atoms with Gasteiger partial charge in [0.1, 0.15) is 11.6 Å². The van der Waals surface area contributed by atoms with Crippen molar-refractivity contribution in [2.75, 3.05) is 13.2 Å². The molecule has 5 rings (SSSR count). The van der Waals surface area contributed by atoms with E-state index in [2.05, 4.69) is 0 Å². The van der Waals surface area contributed by atoms with Crippen LogP contribution in [0.2, 0.25) is 0 Å². The topological polar surface area (TPSA) is 80.9 Å². The van der Waals surface area contributed by atoms with Crippen LogP contribution < -0.4 is 0 Å². The first kappa shape index (κ1) is 23.1. The predicted molar refractivity (Wildman–Crippen MR) is 131 cm³/mol. The van der Waals surface area contributed by atoms with Crippen LogP contribution in [0.5, 0.6) is 5.75 Å². The molecule has 0 unspecified atom stereocenters. The monoisotopic (exact) mass is 475 g/mol. The lowest BCUT2D eigenvalue weighted by atomic mass is 9.94. The third-order valence-corrected chi connectivity index (χ3v) is 6.48. The number of benzene rings is 3. The number of aromatic nitrogens is 1. The number of phenols is 1. The Bertz CT molecular complexity index is 1430. The number of hydrogen-bond donors (Lipinski definition) is 2. The van der Waals surface area contributed by atoms with Gasteiger partial charge >= 0.3 is 5.97 Å². The maximum Gasteiger partial charge on any atom is 0.335 e. The van der Waals surface area contributed by atoms with Crippen LogP contribution in [0, 0.1) is 12.7 Å². The molecule has 0 saturated carbocycles. The van der Waals surface area contributed by atoms with Crippen molar-refractivity contribution in [3.8, 4) is 22.6 Å². The summed E-state index contributed by atoms with van der Waals surface area (Å²) in [6.07, 6.45) is 0. The standard InChI is InChI=1S/C28H26FNO5/c1-16-13-20(11-12-21(16)29)30-22-5-4-6-23(31)25(22)24(17-7-9-18(10-8-17)27(32)33)26(30)19-14-34-28(2,3)35-15-19/h4-13,19,31H,14-15H2,1-3H3,(H,32,33). The molecule has 1 aliphatic rings. The van der Waals surface area contributed by atoms with Crippen LogP contribution in [0.25, 0.3) is 27.7 Å². The van der Waals surface area contributed by atoms with E-state index in [1.54, 1.807) is 55.5 Å². The van der Waals surface area contributed by atoms with Gasteiger partial charge in [-0.05, 0) is 74.4 Å². The third-order valence-electron chi connectivity index (χ3n) is 6.48. The van der Waals surface area contributed by atoms with Crippen molar-refractivity contribution >= 4 is 16.9 Å². The molecule has 4 aromatic rings. The Morgan fingerprint density at radius 3 is 2.37 bits per heavy atom. The number of fused-ring (bicyclic) bond motifs is 1. The first-order valence-electron chi connectivity index (χ1n) is 11.4. The van der Waals surface area contributed by atoms with Crippen molar-refractivity contribution in [1.29, 1.82) is 0 Å². The number of hydrogen-bond acceptors (Lipinski definition) is 4. The molecule has 0 amide bonds. The number of halogens is 1. The highest BCUT2D eigenvalue weighted by molar-refractivity contribution is 6.03. The zero-order valence-electron chi connectivity index (χ0n) is 19.7. The molecule has 1 fully saturated rings. The van der Waals surface area contributed by atoms with Crippen molar-refractivity contribution in [3.05, 3.63) is 83.3 Å². The summed E-state index contributed by atoms with van der Waals surface area (Å²) in [5.41, 5.74) is 4.50. The number of nitrogens with zero attached hydrogens (tertiary/aromatic N) is 1. The lowest BCUT2D eigenvalue weighted by Crippen LogP contribution is -2.38. The van der Waals surface area contributed by atoms with Crippen molar-refractivity contribution in [3.63, 3.8) is 0 Å². The van der Waals surface area contributed by atoms with E-state index in [0.29, 0.717) is 24.2 Å². The predicted octanol–water partition coefficient (Wildman–Crippen LogP) is 6.02. The molecule has 180 valence electrons. The Hall–Kier alpha value is -3.68. The van der Waals surface area contributed by atoms with Crippen molar-refractivity contribution in [2.24, 2.45) is 0 Å². The number of aromatic carboxylic acids is 1. The lowest BCUT2D eigenvalue weighted by Gasteiger charge is -2.36. The van der Waals surface area contributed by atoms with Crippen molar-refractivity contribution < 1.29 is 28.9 Å². The SMILES string of the molecule is Cc1cc(-n2c(C3COC(C)(C)OC3)c(-c3ccc(C(=O)O)cc3)c3c(O)cccc32)ccc1F. The molecular weight excluding hydrogens is 449 g/mol. The molecule has 6 nitrogen and oxygen atoms in total. The Morgan fingerprint density at radius 1 is 1.06 bits per heavy atom. The molecule has 0 bridgehead atoms. The minimum absolute atomic E-state index is 0.0941. The summed E-state index contributed by atoms with van der Waals surface area (Å²) in [4.78, 5) is 11.4. The van der Waals surface area contributed by atoms with Gasteiger partial charge in [-0.15, -0.1) is 0 Å². The molecular formula is C28H26FNO5. The molecule has 3 aromatic carbocycles. The van der Waals surface area contributed by atoms with Gasteiger partial charge in [0.25, 0.3) is 0 Å². The summed E-state index contributed by atoms with van der Waals surface area (Å²) in [6, 6.07) is 16.8. The first-order chi connectivity index (χ1) is 16.7. The molecule has 2 N–H and O–H groups in total. The van der Waals surface area contributed by atoms with Gasteiger partial charge in [-0.1, -0.05) is 18.2 Å². The minimum atomic E-state index is -1.01. The zero-order chi connectivity index (χ0) is 24.9. The van der Waals surface area contributed by atoms with E-state index in [9.17, 15) is 19.4 Å². The number of rotatable bonds is 4. The van der Waals surface area contributed by atoms with E-state index in [1.807, 2.05) is 24.5 Å². The highest BCUT2D eigenvalue weighted by Crippen LogP contribution is 2.45. The molecule has 0 radical (unpaired) electrons. The second kappa shape index (κ2) is 8.52. The van der Waals surface area contributed by atoms with Crippen LogP contribution in [-0.4, -0.2) is 39.8 Å². The fourth-order valence-corrected chi connectivity index (χ4v) is 4.70. The Labute approximate surface area is 202 Å². The molecule has 0 aliphatic carbocycles. The smallest absolute Gasteiger partial charge is 0.335 e. The maximum atomic E-state index is 14.2. The summed E-state index contributed by atoms with van der Waals surface area (Å²) in [7, 11) is 0. The average molecular weight is 476 g/mol. The van der Waals surface area contributed by atoms with Gasteiger partial charge in [0.15, 0.2) is 5.79 Å². The number of aromatic hydroxyl groups is 1. The normalized spacial score (nSPS) is 16.0. The minimum Gasteiger partial charge on any atom is -0.507 e. The number of carboxylic acid groups (broad SMARTS) is 1.